The van der Waals surface area contributed by atoms with Crippen LogP contribution in [-0.4, -0.2) is 48.3 Å². The molecule has 4 aromatic carbocycles. The number of carbonyl (C=O) groups is 2. The number of nitrogens with one attached hydrogen (secondary N) is 1. The quantitative estimate of drug-likeness (QED) is 0.239. The van der Waals surface area contributed by atoms with Crippen LogP contribution in [0.15, 0.2) is 97.1 Å². The summed E-state index contributed by atoms with van der Waals surface area (Å²) in [5.74, 6) is -0.485. The fraction of sp³-hybridized carbons (Fsp3) is 0.273. The number of carbonyl (C=O) groups excluding carboxylic acids is 1. The molecule has 0 unspecified atom stereocenters. The van der Waals surface area contributed by atoms with E-state index in [1.165, 1.54) is 21.9 Å². The van der Waals surface area contributed by atoms with Crippen LogP contribution in [0.4, 0.5) is 4.79 Å². The number of fused-ring (bicyclic) bond motifs is 1. The number of nitrogens with zero attached hydrogens (tertiary/aromatic N) is 1. The average molecular weight is 559 g/mol. The van der Waals surface area contributed by atoms with E-state index in [2.05, 4.69) is 79.0 Å². The predicted molar refractivity (Wildman–Crippen MR) is 160 cm³/mol. The number of carboxylic acids is 1. The van der Waals surface area contributed by atoms with Crippen LogP contribution in [0.2, 0.25) is 0 Å². The Labute approximate surface area is 241 Å². The standard InChI is InChI=1S/C33H34N2O4.ClH/c1-23(29-13-7-11-25-10-5-6-12-30(25)29)34-20-28-21-35(22-31(28)26-8-3-2-4-9-26)33(38)39-19-18-24-14-16-27(17-15-24)32(36)37;/h2-17,23,28,31,34H,18-22H2,1H3,(H,36,37);1H/t23-,28+,31-;/m1./s1. The summed E-state index contributed by atoms with van der Waals surface area (Å²) in [6, 6.07) is 32.1. The number of benzene rings is 4. The van der Waals surface area contributed by atoms with Crippen LogP contribution in [-0.2, 0) is 11.2 Å². The zero-order chi connectivity index (χ0) is 27.2. The Balaban J connectivity index is 0.00000370. The van der Waals surface area contributed by atoms with Crippen molar-refractivity contribution in [3.63, 3.8) is 0 Å². The van der Waals surface area contributed by atoms with Gasteiger partial charge in [0.2, 0.25) is 0 Å². The van der Waals surface area contributed by atoms with Gasteiger partial charge in [0.15, 0.2) is 0 Å². The van der Waals surface area contributed by atoms with Crippen LogP contribution in [0.5, 0.6) is 0 Å². The van der Waals surface area contributed by atoms with Gasteiger partial charge in [-0.15, -0.1) is 12.4 Å². The van der Waals surface area contributed by atoms with Crippen molar-refractivity contribution in [3.05, 3.63) is 119 Å². The van der Waals surface area contributed by atoms with E-state index in [1.54, 1.807) is 24.3 Å². The van der Waals surface area contributed by atoms with Crippen molar-refractivity contribution in [2.75, 3.05) is 26.2 Å². The lowest BCUT2D eigenvalue weighted by molar-refractivity contribution is 0.0696. The molecule has 0 bridgehead atoms. The molecule has 2 N–H and O–H groups in total. The monoisotopic (exact) mass is 558 g/mol. The SMILES string of the molecule is C[C@@H](NC[C@H]1CN(C(=O)OCCc2ccc(C(=O)O)cc2)C[C@@H]1c1ccccc1)c1cccc2ccccc12.Cl. The van der Waals surface area contributed by atoms with Crippen LogP contribution in [0.1, 0.15) is 45.9 Å². The minimum atomic E-state index is -0.953. The lowest BCUT2D eigenvalue weighted by Crippen LogP contribution is -2.32. The molecule has 0 spiro atoms. The summed E-state index contributed by atoms with van der Waals surface area (Å²) in [5, 5.41) is 15.3. The third kappa shape index (κ3) is 6.82. The van der Waals surface area contributed by atoms with Crippen LogP contribution < -0.4 is 5.32 Å². The predicted octanol–water partition coefficient (Wildman–Crippen LogP) is 6.71. The molecule has 5 rings (SSSR count). The third-order valence-electron chi connectivity index (χ3n) is 7.72. The van der Waals surface area contributed by atoms with E-state index in [0.29, 0.717) is 19.5 Å². The minimum absolute atomic E-state index is 0. The first kappa shape index (κ1) is 29.1. The highest BCUT2D eigenvalue weighted by molar-refractivity contribution is 5.87. The van der Waals surface area contributed by atoms with E-state index in [1.807, 2.05) is 11.0 Å². The zero-order valence-corrected chi connectivity index (χ0v) is 23.3. The lowest BCUT2D eigenvalue weighted by Gasteiger charge is -2.23. The minimum Gasteiger partial charge on any atom is -0.478 e. The number of ether oxygens (including phenoxy) is 1. The summed E-state index contributed by atoms with van der Waals surface area (Å²) in [5.41, 5.74) is 3.68. The van der Waals surface area contributed by atoms with Crippen molar-refractivity contribution in [1.29, 1.82) is 0 Å². The van der Waals surface area contributed by atoms with E-state index in [-0.39, 0.29) is 48.5 Å². The number of hydrogen-bond acceptors (Lipinski definition) is 4. The van der Waals surface area contributed by atoms with Gasteiger partial charge in [-0.1, -0.05) is 84.9 Å². The number of hydrogen-bond donors (Lipinski definition) is 2. The maximum Gasteiger partial charge on any atom is 0.409 e. The van der Waals surface area contributed by atoms with Gasteiger partial charge in [-0.2, -0.15) is 0 Å². The molecule has 4 aromatic rings. The molecule has 1 amide bonds. The van der Waals surface area contributed by atoms with Gasteiger partial charge in [0.1, 0.15) is 0 Å². The maximum absolute atomic E-state index is 13.0. The molecule has 0 aromatic heterocycles. The topological polar surface area (TPSA) is 78.9 Å². The van der Waals surface area contributed by atoms with Crippen molar-refractivity contribution >= 4 is 35.2 Å². The highest BCUT2D eigenvalue weighted by atomic mass is 35.5. The first-order valence-electron chi connectivity index (χ1n) is 13.5. The first-order valence-corrected chi connectivity index (χ1v) is 13.5. The Morgan fingerprint density at radius 2 is 1.62 bits per heavy atom. The fourth-order valence-electron chi connectivity index (χ4n) is 5.53. The number of rotatable bonds is 9. The molecule has 1 fully saturated rings. The zero-order valence-electron chi connectivity index (χ0n) is 22.5. The van der Waals surface area contributed by atoms with Gasteiger partial charge >= 0.3 is 12.1 Å². The summed E-state index contributed by atoms with van der Waals surface area (Å²) in [7, 11) is 0. The van der Waals surface area contributed by atoms with Crippen molar-refractivity contribution < 1.29 is 19.4 Å². The molecule has 6 nitrogen and oxygen atoms in total. The van der Waals surface area contributed by atoms with Crippen molar-refractivity contribution in [1.82, 2.24) is 10.2 Å². The van der Waals surface area contributed by atoms with Gasteiger partial charge in [-0.05, 0) is 52.4 Å². The molecular formula is C33H35ClN2O4. The molecule has 40 heavy (non-hydrogen) atoms. The van der Waals surface area contributed by atoms with Gasteiger partial charge < -0.3 is 20.1 Å². The van der Waals surface area contributed by atoms with Crippen LogP contribution in [0.25, 0.3) is 10.8 Å². The summed E-state index contributed by atoms with van der Waals surface area (Å²) >= 11 is 0. The number of likely N-dealkylation sites (tertiary alicyclic amines) is 1. The smallest absolute Gasteiger partial charge is 0.409 e. The summed E-state index contributed by atoms with van der Waals surface area (Å²) in [4.78, 5) is 25.9. The Kier molecular flexibility index (Phi) is 9.80. The Morgan fingerprint density at radius 1 is 0.925 bits per heavy atom. The molecule has 0 saturated carbocycles. The molecule has 0 aliphatic carbocycles. The summed E-state index contributed by atoms with van der Waals surface area (Å²) in [6.45, 7) is 4.47. The molecule has 0 radical (unpaired) electrons. The Morgan fingerprint density at radius 3 is 2.38 bits per heavy atom. The highest BCUT2D eigenvalue weighted by Crippen LogP contribution is 2.33. The van der Waals surface area contributed by atoms with Crippen molar-refractivity contribution in [3.8, 4) is 0 Å². The molecule has 208 valence electrons. The van der Waals surface area contributed by atoms with Crippen LogP contribution in [0, 0.1) is 5.92 Å². The third-order valence-corrected chi connectivity index (χ3v) is 7.72. The number of amides is 1. The molecule has 1 saturated heterocycles. The normalized spacial score (nSPS) is 17.3. The van der Waals surface area contributed by atoms with E-state index in [0.717, 1.165) is 12.1 Å². The summed E-state index contributed by atoms with van der Waals surface area (Å²) in [6.07, 6.45) is 0.234. The fourth-order valence-corrected chi connectivity index (χ4v) is 5.53. The van der Waals surface area contributed by atoms with Gasteiger partial charge in [0.05, 0.1) is 12.2 Å². The number of aromatic carboxylic acids is 1. The molecule has 1 aliphatic heterocycles. The second-order valence-electron chi connectivity index (χ2n) is 10.2. The largest absolute Gasteiger partial charge is 0.478 e. The highest BCUT2D eigenvalue weighted by Gasteiger charge is 2.36. The second kappa shape index (κ2) is 13.5. The molecule has 1 heterocycles. The first-order chi connectivity index (χ1) is 19.0. The number of halogens is 1. The molecule has 7 heteroatoms. The van der Waals surface area contributed by atoms with E-state index in [4.69, 9.17) is 9.84 Å². The summed E-state index contributed by atoms with van der Waals surface area (Å²) < 4.78 is 5.63. The van der Waals surface area contributed by atoms with Gasteiger partial charge in [0, 0.05) is 38.0 Å². The van der Waals surface area contributed by atoms with Crippen LogP contribution >= 0.6 is 12.4 Å². The van der Waals surface area contributed by atoms with Crippen molar-refractivity contribution in [2.24, 2.45) is 5.92 Å². The second-order valence-corrected chi connectivity index (χ2v) is 10.2. The van der Waals surface area contributed by atoms with Gasteiger partial charge in [-0.3, -0.25) is 0 Å². The maximum atomic E-state index is 13.0. The van der Waals surface area contributed by atoms with E-state index >= 15 is 0 Å². The van der Waals surface area contributed by atoms with Gasteiger partial charge in [-0.25, -0.2) is 9.59 Å². The van der Waals surface area contributed by atoms with Crippen molar-refractivity contribution in [2.45, 2.75) is 25.3 Å². The van der Waals surface area contributed by atoms with Gasteiger partial charge in [0.25, 0.3) is 0 Å². The Hall–Kier alpha value is -3.87. The number of carboxylic acid groups (broad SMARTS) is 1. The van der Waals surface area contributed by atoms with E-state index < -0.39 is 5.97 Å². The Bertz CT molecular complexity index is 1420. The molecule has 3 atom stereocenters. The van der Waals surface area contributed by atoms with E-state index in [9.17, 15) is 9.59 Å². The molecule has 1 aliphatic rings. The average Bonchev–Trinajstić information content (AvgIpc) is 3.41. The lowest BCUT2D eigenvalue weighted by atomic mass is 9.88. The van der Waals surface area contributed by atoms with Crippen LogP contribution in [0.3, 0.4) is 0 Å². The molecular weight excluding hydrogens is 524 g/mol.